The number of alkyl halides is 4. The molecule has 3 saturated carbocycles. The summed E-state index contributed by atoms with van der Waals surface area (Å²) in [4.78, 5) is 13.5. The molecular formula is C28H42F4O6. The van der Waals surface area contributed by atoms with Gasteiger partial charge in [-0.1, -0.05) is 19.8 Å². The van der Waals surface area contributed by atoms with Crippen LogP contribution in [0.3, 0.4) is 0 Å². The molecule has 2 saturated heterocycles. The summed E-state index contributed by atoms with van der Waals surface area (Å²) in [6.07, 6.45) is 6.01. The van der Waals surface area contributed by atoms with Gasteiger partial charge in [-0.05, 0) is 64.2 Å². The third-order valence-electron chi connectivity index (χ3n) is 9.76. The van der Waals surface area contributed by atoms with Gasteiger partial charge in [-0.2, -0.15) is 17.6 Å². The second-order valence-corrected chi connectivity index (χ2v) is 12.7. The maximum atomic E-state index is 14.2. The zero-order valence-electron chi connectivity index (χ0n) is 22.5. The van der Waals surface area contributed by atoms with Gasteiger partial charge in [-0.3, -0.25) is 4.79 Å². The first-order valence-corrected chi connectivity index (χ1v) is 14.4. The summed E-state index contributed by atoms with van der Waals surface area (Å²) in [5.74, 6) is -8.35. The number of carbonyl (C=O) groups excluding carboxylic acids is 1. The molecule has 38 heavy (non-hydrogen) atoms. The van der Waals surface area contributed by atoms with E-state index in [4.69, 9.17) is 23.7 Å². The summed E-state index contributed by atoms with van der Waals surface area (Å²) in [5, 5.41) is 0. The average Bonchev–Trinajstić information content (AvgIpc) is 2.89. The van der Waals surface area contributed by atoms with Crippen molar-refractivity contribution in [2.24, 2.45) is 29.1 Å². The van der Waals surface area contributed by atoms with Crippen LogP contribution < -0.4 is 0 Å². The second kappa shape index (κ2) is 10.8. The summed E-state index contributed by atoms with van der Waals surface area (Å²) >= 11 is 0. The lowest BCUT2D eigenvalue weighted by atomic mass is 9.64. The first-order valence-electron chi connectivity index (χ1n) is 14.4. The van der Waals surface area contributed by atoms with Crippen LogP contribution in [0.15, 0.2) is 0 Å². The van der Waals surface area contributed by atoms with Gasteiger partial charge in [0, 0.05) is 17.8 Å². The van der Waals surface area contributed by atoms with Gasteiger partial charge < -0.3 is 23.7 Å². The van der Waals surface area contributed by atoms with Gasteiger partial charge >= 0.3 is 17.8 Å². The Labute approximate surface area is 222 Å². The van der Waals surface area contributed by atoms with E-state index in [2.05, 4.69) is 6.92 Å². The number of carbonyl (C=O) groups is 1. The predicted octanol–water partition coefficient (Wildman–Crippen LogP) is 5.76. The highest BCUT2D eigenvalue weighted by atomic mass is 19.3. The molecule has 0 amide bonds. The van der Waals surface area contributed by atoms with E-state index in [1.54, 1.807) is 0 Å². The molecule has 6 nitrogen and oxygen atoms in total. The molecule has 0 aromatic heterocycles. The highest BCUT2D eigenvalue weighted by Gasteiger charge is 2.58. The van der Waals surface area contributed by atoms with Crippen molar-refractivity contribution < 1.29 is 46.0 Å². The van der Waals surface area contributed by atoms with Crippen LogP contribution >= 0.6 is 0 Å². The van der Waals surface area contributed by atoms with Gasteiger partial charge in [0.2, 0.25) is 0 Å². The van der Waals surface area contributed by atoms with E-state index >= 15 is 0 Å². The number of fused-ring (bicyclic) bond motifs is 5. The van der Waals surface area contributed by atoms with Crippen LogP contribution in [-0.2, 0) is 28.5 Å². The Morgan fingerprint density at radius 3 is 2.34 bits per heavy atom. The fraction of sp³-hybridized carbons (Fsp3) is 0.964. The van der Waals surface area contributed by atoms with E-state index in [1.807, 2.05) is 0 Å². The van der Waals surface area contributed by atoms with Crippen LogP contribution in [0.4, 0.5) is 17.6 Å². The molecule has 0 radical (unpaired) electrons. The van der Waals surface area contributed by atoms with Crippen LogP contribution in [0.1, 0.15) is 78.1 Å². The lowest BCUT2D eigenvalue weighted by Crippen LogP contribution is -2.58. The molecule has 6 atom stereocenters. The topological polar surface area (TPSA) is 63.2 Å². The Morgan fingerprint density at radius 2 is 1.61 bits per heavy atom. The predicted molar refractivity (Wildman–Crippen MR) is 129 cm³/mol. The van der Waals surface area contributed by atoms with E-state index in [0.717, 1.165) is 25.2 Å². The average molecular weight is 551 g/mol. The normalized spacial score (nSPS) is 45.1. The number of ether oxygens (including phenoxy) is 5. The zero-order valence-corrected chi connectivity index (χ0v) is 22.5. The van der Waals surface area contributed by atoms with Crippen LogP contribution in [0.5, 0.6) is 0 Å². The molecular weight excluding hydrogens is 508 g/mol. The van der Waals surface area contributed by atoms with Gasteiger partial charge in [0.05, 0.1) is 37.4 Å². The highest BCUT2D eigenvalue weighted by molar-refractivity contribution is 5.77. The van der Waals surface area contributed by atoms with E-state index in [0.29, 0.717) is 44.3 Å². The smallest absolute Gasteiger partial charge is 0.335 e. The third kappa shape index (κ3) is 5.48. The molecule has 0 N–H and O–H groups in total. The van der Waals surface area contributed by atoms with Crippen molar-refractivity contribution in [1.82, 2.24) is 0 Å². The molecule has 4 bridgehead atoms. The molecule has 1 spiro atoms. The van der Waals surface area contributed by atoms with Crippen molar-refractivity contribution >= 4 is 5.97 Å². The number of hydrogen-bond acceptors (Lipinski definition) is 6. The summed E-state index contributed by atoms with van der Waals surface area (Å²) < 4.78 is 85.6. The minimum atomic E-state index is -4.36. The molecule has 2 aliphatic heterocycles. The van der Waals surface area contributed by atoms with Crippen molar-refractivity contribution in [3.05, 3.63) is 0 Å². The molecule has 3 aliphatic carbocycles. The number of halogens is 4. The summed E-state index contributed by atoms with van der Waals surface area (Å²) in [5.41, 5.74) is -1.04. The van der Waals surface area contributed by atoms with Crippen LogP contribution in [0.2, 0.25) is 0 Å². The summed E-state index contributed by atoms with van der Waals surface area (Å²) in [6.45, 7) is 1.92. The number of esters is 1. The molecule has 5 rings (SSSR count). The number of hydrogen-bond donors (Lipinski definition) is 0. The summed E-state index contributed by atoms with van der Waals surface area (Å²) in [7, 11) is 0. The zero-order chi connectivity index (χ0) is 27.2. The maximum Gasteiger partial charge on any atom is 0.335 e. The Kier molecular flexibility index (Phi) is 8.10. The van der Waals surface area contributed by atoms with Gasteiger partial charge in [-0.15, -0.1) is 0 Å². The monoisotopic (exact) mass is 550 g/mol. The van der Waals surface area contributed by atoms with Crippen molar-refractivity contribution in [3.63, 3.8) is 0 Å². The van der Waals surface area contributed by atoms with Crippen LogP contribution in [0, 0.1) is 29.1 Å². The van der Waals surface area contributed by atoms with Gasteiger partial charge in [-0.25, -0.2) is 0 Å². The molecule has 0 aromatic carbocycles. The van der Waals surface area contributed by atoms with Crippen molar-refractivity contribution in [1.29, 1.82) is 0 Å². The van der Waals surface area contributed by atoms with Crippen molar-refractivity contribution in [2.75, 3.05) is 33.0 Å². The third-order valence-corrected chi connectivity index (χ3v) is 9.76. The van der Waals surface area contributed by atoms with E-state index in [9.17, 15) is 22.4 Å². The summed E-state index contributed by atoms with van der Waals surface area (Å²) in [6, 6.07) is 0. The van der Waals surface area contributed by atoms with Gasteiger partial charge in [0.25, 0.3) is 0 Å². The Bertz CT molecular complexity index is 841. The highest BCUT2D eigenvalue weighted by Crippen LogP contribution is 2.52. The first-order chi connectivity index (χ1) is 17.9. The Balaban J connectivity index is 1.21. The van der Waals surface area contributed by atoms with Crippen LogP contribution in [-0.4, -0.2) is 68.8 Å². The lowest BCUT2D eigenvalue weighted by Gasteiger charge is -2.54. The minimum absolute atomic E-state index is 0.106. The molecule has 218 valence electrons. The molecule has 2 heterocycles. The number of rotatable bonds is 3. The molecule has 10 heteroatoms. The van der Waals surface area contributed by atoms with E-state index < -0.39 is 54.4 Å². The quantitative estimate of drug-likeness (QED) is 0.329. The maximum absolute atomic E-state index is 14.2. The Hall–Kier alpha value is -0.970. The molecule has 5 aliphatic rings. The molecule has 5 fully saturated rings. The largest absolute Gasteiger partial charge is 0.465 e. The van der Waals surface area contributed by atoms with Crippen molar-refractivity contribution in [2.45, 2.75) is 108 Å². The van der Waals surface area contributed by atoms with E-state index in [1.165, 1.54) is 19.8 Å². The van der Waals surface area contributed by atoms with Gasteiger partial charge in [0.15, 0.2) is 5.79 Å². The SMILES string of the molecule is CC1CC2(C(=O)OCC3COC4(OC3)C(C)CC3CCCC4C3)CCCC(C2)OCC(F)(F)C(F)(F)CO1. The van der Waals surface area contributed by atoms with E-state index in [-0.39, 0.29) is 25.4 Å². The van der Waals surface area contributed by atoms with Gasteiger partial charge in [0.1, 0.15) is 13.2 Å². The fourth-order valence-electron chi connectivity index (χ4n) is 7.68. The second-order valence-electron chi connectivity index (χ2n) is 12.7. The fourth-order valence-corrected chi connectivity index (χ4v) is 7.68. The molecule has 0 aromatic rings. The Morgan fingerprint density at radius 1 is 0.895 bits per heavy atom. The minimum Gasteiger partial charge on any atom is -0.465 e. The van der Waals surface area contributed by atoms with Crippen molar-refractivity contribution in [3.8, 4) is 0 Å². The van der Waals surface area contributed by atoms with Crippen LogP contribution in [0.25, 0.3) is 0 Å². The first kappa shape index (κ1) is 28.6. The molecule has 6 unspecified atom stereocenters. The standard InChI is InChI=1S/C28H42F4O6/c1-18-9-20-5-3-6-22(10-20)28(18)37-14-21(15-38-28)13-34-24(33)25-8-4-7-23(12-25)36-17-27(31,32)26(29,30)16-35-19(2)11-25/h18-23H,3-17H2,1-2H3. The lowest BCUT2D eigenvalue weighted by molar-refractivity contribution is -0.349.